The van der Waals surface area contributed by atoms with Crippen molar-refractivity contribution in [2.45, 2.75) is 44.4 Å². The number of methoxy groups -OCH3 is 1. The number of hydrogen-bond donors (Lipinski definition) is 3. The number of anilines is 1. The molecule has 0 spiro atoms. The van der Waals surface area contributed by atoms with Crippen LogP contribution in [-0.4, -0.2) is 19.6 Å². The third kappa shape index (κ3) is 12.5. The fourth-order valence-electron chi connectivity index (χ4n) is 1.58. The quantitative estimate of drug-likeness (QED) is 0.316. The molecule has 0 heterocycles. The van der Waals surface area contributed by atoms with Crippen molar-refractivity contribution in [1.82, 2.24) is 0 Å². The molecule has 0 fully saturated rings. The Morgan fingerprint density at radius 3 is 2.08 bits per heavy atom. The number of nitrogens with two attached hydrogens (primary N) is 2. The highest BCUT2D eigenvalue weighted by Gasteiger charge is 2.05. The molecule has 0 aromatic heterocycles. The summed E-state index contributed by atoms with van der Waals surface area (Å²) in [5.74, 6) is 0.944. The van der Waals surface area contributed by atoms with Crippen molar-refractivity contribution in [3.63, 3.8) is 0 Å². The van der Waals surface area contributed by atoms with E-state index in [0.29, 0.717) is 6.73 Å². The average Bonchev–Trinajstić information content (AvgIpc) is 2.63. The molecule has 0 bridgehead atoms. The van der Waals surface area contributed by atoms with E-state index in [1.807, 2.05) is 51.1 Å². The minimum absolute atomic E-state index is 0.319. The summed E-state index contributed by atoms with van der Waals surface area (Å²) in [4.78, 5) is 2.28. The van der Waals surface area contributed by atoms with E-state index in [0.717, 1.165) is 21.4 Å². The SMILES string of the molecule is CC.CCS.COCN.Cc1ccc(N)c(Sc2ccc(Cl)cc2C)c1. The minimum Gasteiger partial charge on any atom is -0.398 e. The lowest BCUT2D eigenvalue weighted by atomic mass is 10.2. The maximum Gasteiger partial charge on any atom is 0.0936 e. The van der Waals surface area contributed by atoms with Crippen molar-refractivity contribution in [3.8, 4) is 0 Å². The van der Waals surface area contributed by atoms with Crippen molar-refractivity contribution in [3.05, 3.63) is 52.5 Å². The molecule has 0 aliphatic heterocycles. The lowest BCUT2D eigenvalue weighted by Gasteiger charge is -2.09. The van der Waals surface area contributed by atoms with E-state index in [4.69, 9.17) is 23.1 Å². The molecule has 0 radical (unpaired) electrons. The van der Waals surface area contributed by atoms with Crippen molar-refractivity contribution in [2.75, 3.05) is 25.3 Å². The molecule has 2 rings (SSSR count). The van der Waals surface area contributed by atoms with Crippen LogP contribution in [0.5, 0.6) is 0 Å². The monoisotopic (exact) mass is 416 g/mol. The predicted octanol–water partition coefficient (Wildman–Crippen LogP) is 6.20. The van der Waals surface area contributed by atoms with Crippen LogP contribution in [0.15, 0.2) is 46.2 Å². The van der Waals surface area contributed by atoms with Gasteiger partial charge in [-0.05, 0) is 61.1 Å². The molecular formula is C20H33ClN2OS2. The summed E-state index contributed by atoms with van der Waals surface area (Å²) in [6.45, 7) is 10.4. The first kappa shape index (κ1) is 27.4. The Labute approximate surface area is 174 Å². The van der Waals surface area contributed by atoms with Crippen LogP contribution in [0.4, 0.5) is 5.69 Å². The van der Waals surface area contributed by atoms with E-state index >= 15 is 0 Å². The third-order valence-corrected chi connectivity index (χ3v) is 4.18. The van der Waals surface area contributed by atoms with Crippen molar-refractivity contribution in [1.29, 1.82) is 0 Å². The molecule has 0 saturated carbocycles. The van der Waals surface area contributed by atoms with Gasteiger partial charge >= 0.3 is 0 Å². The molecule has 2 aromatic carbocycles. The fourth-order valence-corrected chi connectivity index (χ4v) is 2.83. The molecule has 148 valence electrons. The van der Waals surface area contributed by atoms with Crippen LogP contribution in [0.25, 0.3) is 0 Å². The normalized spacial score (nSPS) is 8.96. The molecule has 0 unspecified atom stereocenters. The molecule has 2 aromatic rings. The number of thiol groups is 1. The lowest BCUT2D eigenvalue weighted by Crippen LogP contribution is -1.98. The predicted molar refractivity (Wildman–Crippen MR) is 123 cm³/mol. The zero-order valence-electron chi connectivity index (χ0n) is 16.7. The molecule has 0 aliphatic carbocycles. The Morgan fingerprint density at radius 1 is 1.08 bits per heavy atom. The number of aryl methyl sites for hydroxylation is 2. The molecule has 0 saturated heterocycles. The van der Waals surface area contributed by atoms with Crippen molar-refractivity contribution >= 4 is 41.7 Å². The van der Waals surface area contributed by atoms with Gasteiger partial charge in [0.25, 0.3) is 0 Å². The van der Waals surface area contributed by atoms with Gasteiger partial charge < -0.3 is 16.2 Å². The largest absolute Gasteiger partial charge is 0.398 e. The van der Waals surface area contributed by atoms with Crippen LogP contribution in [0.2, 0.25) is 5.02 Å². The van der Waals surface area contributed by atoms with E-state index in [1.54, 1.807) is 18.9 Å². The molecule has 26 heavy (non-hydrogen) atoms. The smallest absolute Gasteiger partial charge is 0.0936 e. The summed E-state index contributed by atoms with van der Waals surface area (Å²) in [5.41, 5.74) is 14.0. The van der Waals surface area contributed by atoms with Gasteiger partial charge in [0, 0.05) is 27.6 Å². The molecule has 0 aliphatic rings. The number of rotatable bonds is 3. The van der Waals surface area contributed by atoms with Gasteiger partial charge in [-0.3, -0.25) is 0 Å². The molecule has 3 nitrogen and oxygen atoms in total. The first-order valence-corrected chi connectivity index (χ1v) is 10.3. The number of hydrogen-bond acceptors (Lipinski definition) is 5. The molecule has 4 N–H and O–H groups in total. The van der Waals surface area contributed by atoms with Gasteiger partial charge in [0.15, 0.2) is 0 Å². The summed E-state index contributed by atoms with van der Waals surface area (Å²) in [7, 11) is 1.56. The summed E-state index contributed by atoms with van der Waals surface area (Å²) in [5, 5.41) is 0.768. The molecule has 0 atom stereocenters. The van der Waals surface area contributed by atoms with Crippen LogP contribution >= 0.6 is 36.0 Å². The Morgan fingerprint density at radius 2 is 1.62 bits per heavy atom. The van der Waals surface area contributed by atoms with Gasteiger partial charge in [0.2, 0.25) is 0 Å². The highest BCUT2D eigenvalue weighted by Crippen LogP contribution is 2.35. The highest BCUT2D eigenvalue weighted by molar-refractivity contribution is 7.99. The first-order chi connectivity index (χ1) is 12.4. The van der Waals surface area contributed by atoms with E-state index < -0.39 is 0 Å². The van der Waals surface area contributed by atoms with Gasteiger partial charge in [0.1, 0.15) is 0 Å². The lowest BCUT2D eigenvalue weighted by molar-refractivity contribution is 0.207. The zero-order valence-corrected chi connectivity index (χ0v) is 19.1. The number of ether oxygens (including phenoxy) is 1. The van der Waals surface area contributed by atoms with E-state index in [-0.39, 0.29) is 0 Å². The first-order valence-electron chi connectivity index (χ1n) is 8.49. The topological polar surface area (TPSA) is 61.3 Å². The second kappa shape index (κ2) is 17.6. The van der Waals surface area contributed by atoms with Crippen LogP contribution in [0, 0.1) is 13.8 Å². The van der Waals surface area contributed by atoms with Crippen molar-refractivity contribution < 1.29 is 4.74 Å². The number of benzene rings is 2. The number of halogens is 1. The fraction of sp³-hybridized carbons (Fsp3) is 0.400. The zero-order chi connectivity index (χ0) is 20.5. The summed E-state index contributed by atoms with van der Waals surface area (Å²) in [6, 6.07) is 12.0. The summed E-state index contributed by atoms with van der Waals surface area (Å²) >= 11 is 11.4. The van der Waals surface area contributed by atoms with E-state index in [9.17, 15) is 0 Å². The molecular weight excluding hydrogens is 384 g/mol. The third-order valence-electron chi connectivity index (χ3n) is 2.69. The number of nitrogen functional groups attached to an aromatic ring is 1. The second-order valence-electron chi connectivity index (χ2n) is 4.82. The van der Waals surface area contributed by atoms with Gasteiger partial charge in [0.05, 0.1) is 6.73 Å². The average molecular weight is 417 g/mol. The van der Waals surface area contributed by atoms with E-state index in [1.165, 1.54) is 16.0 Å². The Hall–Kier alpha value is -0.850. The van der Waals surface area contributed by atoms with Gasteiger partial charge in [-0.25, -0.2) is 0 Å². The Balaban J connectivity index is 0. The van der Waals surface area contributed by atoms with E-state index in [2.05, 4.69) is 37.3 Å². The highest BCUT2D eigenvalue weighted by atomic mass is 35.5. The maximum absolute atomic E-state index is 5.97. The standard InChI is InChI=1S/C14H14ClNS.C2H7NO.C2H6S.C2H6/c1-9-3-5-12(16)14(7-9)17-13-6-4-11(15)8-10(13)2;1-4-2-3;1-2-3;1-2/h3-8H,16H2,1-2H3;2-3H2,1H3;3H,2H2,1H3;1-2H3. The minimum atomic E-state index is 0.319. The van der Waals surface area contributed by atoms with Crippen LogP contribution in [-0.2, 0) is 4.74 Å². The summed E-state index contributed by atoms with van der Waals surface area (Å²) < 4.78 is 4.32. The van der Waals surface area contributed by atoms with Crippen LogP contribution < -0.4 is 11.5 Å². The van der Waals surface area contributed by atoms with Gasteiger partial charge in [-0.15, -0.1) is 0 Å². The Bertz CT molecular complexity index is 608. The Kier molecular flexibility index (Phi) is 18.5. The molecule has 0 amide bonds. The maximum atomic E-state index is 5.97. The van der Waals surface area contributed by atoms with Gasteiger partial charge in [-0.1, -0.05) is 50.2 Å². The van der Waals surface area contributed by atoms with Crippen LogP contribution in [0.1, 0.15) is 31.9 Å². The summed E-state index contributed by atoms with van der Waals surface area (Å²) in [6.07, 6.45) is 0. The molecule has 6 heteroatoms. The van der Waals surface area contributed by atoms with Gasteiger partial charge in [-0.2, -0.15) is 12.6 Å². The van der Waals surface area contributed by atoms with Crippen LogP contribution in [0.3, 0.4) is 0 Å². The second-order valence-corrected chi connectivity index (χ2v) is 6.98. The van der Waals surface area contributed by atoms with Crippen molar-refractivity contribution in [2.24, 2.45) is 5.73 Å².